The molecule has 2 rings (SSSR count). The molecule has 6 heteroatoms. The quantitative estimate of drug-likeness (QED) is 0.507. The molecule has 0 aliphatic rings. The summed E-state index contributed by atoms with van der Waals surface area (Å²) in [7, 11) is 1.51. The third-order valence-electron chi connectivity index (χ3n) is 3.16. The van der Waals surface area contributed by atoms with Gasteiger partial charge in [-0.3, -0.25) is 4.79 Å². The second-order valence-corrected chi connectivity index (χ2v) is 5.64. The van der Waals surface area contributed by atoms with Crippen molar-refractivity contribution in [2.45, 2.75) is 6.92 Å². The van der Waals surface area contributed by atoms with Gasteiger partial charge in [-0.05, 0) is 58.8 Å². The summed E-state index contributed by atoms with van der Waals surface area (Å²) >= 11 is 3.39. The molecule has 0 spiro atoms. The first-order valence-corrected chi connectivity index (χ1v) is 7.93. The lowest BCUT2D eigenvalue weighted by molar-refractivity contribution is 0.104. The molecule has 24 heavy (non-hydrogen) atoms. The second kappa shape index (κ2) is 8.06. The van der Waals surface area contributed by atoms with Gasteiger partial charge >= 0.3 is 0 Å². The Morgan fingerprint density at radius 1 is 1.25 bits per heavy atom. The zero-order chi connectivity index (χ0) is 17.7. The number of allylic oxidation sites excluding steroid dienone is 1. The van der Waals surface area contributed by atoms with E-state index in [-0.39, 0.29) is 5.56 Å². The first-order chi connectivity index (χ1) is 11.5. The average molecular weight is 397 g/mol. The van der Waals surface area contributed by atoms with Crippen LogP contribution in [0.2, 0.25) is 0 Å². The number of methoxy groups -OCH3 is 1. The largest absolute Gasteiger partial charge is 0.493 e. The van der Waals surface area contributed by atoms with Crippen LogP contribution in [0.25, 0.3) is 6.08 Å². The van der Waals surface area contributed by atoms with Crippen LogP contribution in [0.1, 0.15) is 22.8 Å². The normalized spacial score (nSPS) is 10.9. The molecule has 2 aromatic rings. The van der Waals surface area contributed by atoms with Crippen LogP contribution in [0.5, 0.6) is 11.5 Å². The van der Waals surface area contributed by atoms with E-state index in [0.29, 0.717) is 34.2 Å². The molecule has 126 valence electrons. The Kier molecular flexibility index (Phi) is 6.09. The molecule has 0 amide bonds. The molecule has 0 saturated carbocycles. The number of halogens is 3. The van der Waals surface area contributed by atoms with E-state index >= 15 is 0 Å². The van der Waals surface area contributed by atoms with E-state index < -0.39 is 17.4 Å². The Hall–Kier alpha value is -2.21. The van der Waals surface area contributed by atoms with Crippen molar-refractivity contribution in [1.29, 1.82) is 0 Å². The summed E-state index contributed by atoms with van der Waals surface area (Å²) in [5.74, 6) is -1.11. The average Bonchev–Trinajstić information content (AvgIpc) is 2.54. The maximum atomic E-state index is 13.6. The summed E-state index contributed by atoms with van der Waals surface area (Å²) in [6.45, 7) is 2.34. The van der Waals surface area contributed by atoms with Gasteiger partial charge in [-0.15, -0.1) is 0 Å². The first-order valence-electron chi connectivity index (χ1n) is 7.14. The number of rotatable bonds is 6. The first kappa shape index (κ1) is 18.1. The molecular formula is C18H15BrF2O3. The lowest BCUT2D eigenvalue weighted by Gasteiger charge is -2.12. The van der Waals surface area contributed by atoms with Gasteiger partial charge in [0.1, 0.15) is 11.6 Å². The lowest BCUT2D eigenvalue weighted by Crippen LogP contribution is -1.99. The Balaban J connectivity index is 2.28. The minimum absolute atomic E-state index is 0.190. The van der Waals surface area contributed by atoms with Gasteiger partial charge in [0.05, 0.1) is 23.8 Å². The highest BCUT2D eigenvalue weighted by Gasteiger charge is 2.12. The van der Waals surface area contributed by atoms with Crippen LogP contribution in [-0.4, -0.2) is 19.5 Å². The molecule has 0 saturated heterocycles. The van der Waals surface area contributed by atoms with Gasteiger partial charge in [-0.1, -0.05) is 6.08 Å². The van der Waals surface area contributed by atoms with Crippen molar-refractivity contribution >= 4 is 27.8 Å². The van der Waals surface area contributed by atoms with E-state index in [9.17, 15) is 13.6 Å². The molecule has 0 N–H and O–H groups in total. The summed E-state index contributed by atoms with van der Waals surface area (Å²) in [4.78, 5) is 12.0. The fraction of sp³-hybridized carbons (Fsp3) is 0.167. The van der Waals surface area contributed by atoms with Gasteiger partial charge in [-0.25, -0.2) is 8.78 Å². The fourth-order valence-corrected chi connectivity index (χ4v) is 2.65. The minimum atomic E-state index is -0.893. The van der Waals surface area contributed by atoms with Gasteiger partial charge in [0.25, 0.3) is 0 Å². The van der Waals surface area contributed by atoms with E-state index in [2.05, 4.69) is 15.9 Å². The molecule has 0 radical (unpaired) electrons. The summed E-state index contributed by atoms with van der Waals surface area (Å²) in [6.07, 6.45) is 2.74. The van der Waals surface area contributed by atoms with Crippen LogP contribution in [0.3, 0.4) is 0 Å². The predicted octanol–water partition coefficient (Wildman–Crippen LogP) is 5.03. The van der Waals surface area contributed by atoms with Crippen molar-refractivity contribution in [2.24, 2.45) is 0 Å². The molecule has 0 aromatic heterocycles. The number of carbonyl (C=O) groups excluding carboxylic acids is 1. The molecule has 0 aliphatic carbocycles. The van der Waals surface area contributed by atoms with Crippen molar-refractivity contribution in [1.82, 2.24) is 0 Å². The Bertz CT molecular complexity index is 788. The summed E-state index contributed by atoms with van der Waals surface area (Å²) < 4.78 is 37.9. The van der Waals surface area contributed by atoms with Crippen LogP contribution < -0.4 is 9.47 Å². The van der Waals surface area contributed by atoms with Crippen molar-refractivity contribution < 1.29 is 23.0 Å². The van der Waals surface area contributed by atoms with E-state index in [1.165, 1.54) is 19.3 Å². The van der Waals surface area contributed by atoms with Gasteiger partial charge in [0.15, 0.2) is 17.3 Å². The van der Waals surface area contributed by atoms with E-state index in [1.54, 1.807) is 12.1 Å². The zero-order valence-corrected chi connectivity index (χ0v) is 14.7. The third kappa shape index (κ3) is 4.20. The number of hydrogen-bond donors (Lipinski definition) is 0. The lowest BCUT2D eigenvalue weighted by atomic mass is 10.1. The maximum absolute atomic E-state index is 13.6. The second-order valence-electron chi connectivity index (χ2n) is 4.79. The number of hydrogen-bond acceptors (Lipinski definition) is 3. The molecule has 0 fully saturated rings. The van der Waals surface area contributed by atoms with Crippen LogP contribution in [0, 0.1) is 11.6 Å². The van der Waals surface area contributed by atoms with E-state index in [4.69, 9.17) is 9.47 Å². The van der Waals surface area contributed by atoms with E-state index in [1.807, 2.05) is 6.92 Å². The van der Waals surface area contributed by atoms with Crippen molar-refractivity contribution in [3.63, 3.8) is 0 Å². The van der Waals surface area contributed by atoms with Crippen LogP contribution in [0.4, 0.5) is 8.78 Å². The standard InChI is InChI=1S/C18H15BrF2O3/c1-3-24-18-14(19)8-11(9-17(18)23-2)4-7-16(22)13-6-5-12(20)10-15(13)21/h4-10H,3H2,1-2H3/b7-4+. The molecule has 0 atom stereocenters. The molecule has 0 heterocycles. The summed E-state index contributed by atoms with van der Waals surface area (Å²) in [5, 5.41) is 0. The SMILES string of the molecule is CCOc1c(Br)cc(/C=C/C(=O)c2ccc(F)cc2F)cc1OC. The van der Waals surface area contributed by atoms with Gasteiger partial charge in [-0.2, -0.15) is 0 Å². The highest BCUT2D eigenvalue weighted by molar-refractivity contribution is 9.10. The molecule has 0 aliphatic heterocycles. The molecule has 0 bridgehead atoms. The predicted molar refractivity (Wildman–Crippen MR) is 91.6 cm³/mol. The van der Waals surface area contributed by atoms with Crippen LogP contribution in [0.15, 0.2) is 40.9 Å². The smallest absolute Gasteiger partial charge is 0.188 e. The summed E-state index contributed by atoms with van der Waals surface area (Å²) in [6, 6.07) is 6.28. The fourth-order valence-electron chi connectivity index (χ4n) is 2.07. The molecule has 0 unspecified atom stereocenters. The molecule has 2 aromatic carbocycles. The topological polar surface area (TPSA) is 35.5 Å². The maximum Gasteiger partial charge on any atom is 0.188 e. The third-order valence-corrected chi connectivity index (χ3v) is 3.75. The number of benzene rings is 2. The molecular weight excluding hydrogens is 382 g/mol. The van der Waals surface area contributed by atoms with Gasteiger partial charge < -0.3 is 9.47 Å². The monoisotopic (exact) mass is 396 g/mol. The van der Waals surface area contributed by atoms with Gasteiger partial charge in [0.2, 0.25) is 0 Å². The number of ketones is 1. The molecule has 3 nitrogen and oxygen atoms in total. The number of carbonyl (C=O) groups is 1. The Labute approximate surface area is 147 Å². The van der Waals surface area contributed by atoms with Crippen molar-refractivity contribution in [3.8, 4) is 11.5 Å². The Morgan fingerprint density at radius 2 is 2.00 bits per heavy atom. The summed E-state index contributed by atoms with van der Waals surface area (Å²) in [5.41, 5.74) is 0.475. The van der Waals surface area contributed by atoms with Crippen LogP contribution in [-0.2, 0) is 0 Å². The zero-order valence-electron chi connectivity index (χ0n) is 13.1. The number of ether oxygens (including phenoxy) is 2. The van der Waals surface area contributed by atoms with E-state index in [0.717, 1.165) is 12.1 Å². The van der Waals surface area contributed by atoms with Crippen molar-refractivity contribution in [2.75, 3.05) is 13.7 Å². The highest BCUT2D eigenvalue weighted by atomic mass is 79.9. The highest BCUT2D eigenvalue weighted by Crippen LogP contribution is 2.37. The Morgan fingerprint density at radius 3 is 2.62 bits per heavy atom. The van der Waals surface area contributed by atoms with Crippen molar-refractivity contribution in [3.05, 3.63) is 63.6 Å². The minimum Gasteiger partial charge on any atom is -0.493 e. The van der Waals surface area contributed by atoms with Crippen LogP contribution >= 0.6 is 15.9 Å². The van der Waals surface area contributed by atoms with Gasteiger partial charge in [0, 0.05) is 6.07 Å².